The quantitative estimate of drug-likeness (QED) is 0.798. The summed E-state index contributed by atoms with van der Waals surface area (Å²) < 4.78 is 0.752. The minimum Gasteiger partial charge on any atom is -0.340 e. The fourth-order valence-electron chi connectivity index (χ4n) is 0.879. The van der Waals surface area contributed by atoms with Gasteiger partial charge in [-0.25, -0.2) is 0 Å². The fourth-order valence-corrected chi connectivity index (χ4v) is 2.26. The van der Waals surface area contributed by atoms with E-state index in [0.717, 1.165) is 9.21 Å². The van der Waals surface area contributed by atoms with Crippen molar-refractivity contribution in [3.8, 4) is 0 Å². The first-order chi connectivity index (χ1) is 6.13. The van der Waals surface area contributed by atoms with Crippen molar-refractivity contribution in [1.29, 1.82) is 0 Å². The normalized spacial score (nSPS) is 10.1. The van der Waals surface area contributed by atoms with Gasteiger partial charge in [-0.05, 0) is 12.1 Å². The van der Waals surface area contributed by atoms with Gasteiger partial charge in [0.1, 0.15) is 0 Å². The van der Waals surface area contributed by atoms with Crippen LogP contribution in [0.4, 0.5) is 0 Å². The Morgan fingerprint density at radius 3 is 2.85 bits per heavy atom. The lowest BCUT2D eigenvalue weighted by Crippen LogP contribution is -2.26. The number of thiol groups is 1. The molecule has 0 bridgehead atoms. The van der Waals surface area contributed by atoms with Gasteiger partial charge < -0.3 is 4.90 Å². The lowest BCUT2D eigenvalue weighted by Gasteiger charge is -2.14. The molecule has 13 heavy (non-hydrogen) atoms. The molecule has 0 aliphatic rings. The molecule has 1 rings (SSSR count). The highest BCUT2D eigenvalue weighted by atomic mass is 35.5. The van der Waals surface area contributed by atoms with Crippen molar-refractivity contribution in [1.82, 2.24) is 4.90 Å². The van der Waals surface area contributed by atoms with E-state index >= 15 is 0 Å². The van der Waals surface area contributed by atoms with Crippen molar-refractivity contribution in [2.45, 2.75) is 6.54 Å². The van der Waals surface area contributed by atoms with Crippen molar-refractivity contribution < 1.29 is 4.79 Å². The van der Waals surface area contributed by atoms with Crippen LogP contribution in [0.3, 0.4) is 0 Å². The van der Waals surface area contributed by atoms with Crippen LogP contribution in [0.1, 0.15) is 4.88 Å². The van der Waals surface area contributed by atoms with Gasteiger partial charge in [-0.2, -0.15) is 12.6 Å². The maximum atomic E-state index is 11.1. The van der Waals surface area contributed by atoms with Gasteiger partial charge in [0.2, 0.25) is 5.91 Å². The summed E-state index contributed by atoms with van der Waals surface area (Å²) in [5.74, 6) is 0.267. The molecular formula is C8H10ClNOS2. The first-order valence-electron chi connectivity index (χ1n) is 3.72. The number of nitrogens with zero attached hydrogens (tertiary/aromatic N) is 1. The van der Waals surface area contributed by atoms with Gasteiger partial charge in [-0.1, -0.05) is 11.6 Å². The third kappa shape index (κ3) is 3.21. The summed E-state index contributed by atoms with van der Waals surface area (Å²) in [5, 5.41) is 0. The zero-order valence-electron chi connectivity index (χ0n) is 7.16. The predicted molar refractivity (Wildman–Crippen MR) is 59.7 cm³/mol. The molecule has 5 heteroatoms. The Balaban J connectivity index is 2.54. The molecule has 1 aromatic heterocycles. The number of rotatable bonds is 3. The molecule has 0 unspecified atom stereocenters. The van der Waals surface area contributed by atoms with E-state index in [4.69, 9.17) is 11.6 Å². The Labute approximate surface area is 91.9 Å². The number of hydrogen-bond acceptors (Lipinski definition) is 3. The van der Waals surface area contributed by atoms with Crippen LogP contribution in [0, 0.1) is 0 Å². The average molecular weight is 236 g/mol. The number of halogens is 1. The second-order valence-electron chi connectivity index (χ2n) is 2.61. The summed E-state index contributed by atoms with van der Waals surface area (Å²) in [6, 6.07) is 3.76. The van der Waals surface area contributed by atoms with Crippen molar-refractivity contribution >= 4 is 41.5 Å². The lowest BCUT2D eigenvalue weighted by molar-refractivity contribution is -0.127. The Morgan fingerprint density at radius 1 is 1.69 bits per heavy atom. The van der Waals surface area contributed by atoms with Crippen LogP contribution in [0.15, 0.2) is 12.1 Å². The van der Waals surface area contributed by atoms with Gasteiger partial charge in [0, 0.05) is 11.9 Å². The highest BCUT2D eigenvalue weighted by Crippen LogP contribution is 2.22. The van der Waals surface area contributed by atoms with Crippen molar-refractivity contribution in [2.75, 3.05) is 12.8 Å². The summed E-state index contributed by atoms with van der Waals surface area (Å²) in [7, 11) is 1.76. The van der Waals surface area contributed by atoms with E-state index in [-0.39, 0.29) is 11.7 Å². The third-order valence-corrected chi connectivity index (χ3v) is 3.07. The fraction of sp³-hybridized carbons (Fsp3) is 0.375. The van der Waals surface area contributed by atoms with E-state index in [1.54, 1.807) is 11.9 Å². The summed E-state index contributed by atoms with van der Waals surface area (Å²) >= 11 is 11.2. The van der Waals surface area contributed by atoms with Crippen LogP contribution < -0.4 is 0 Å². The molecule has 1 aromatic rings. The first kappa shape index (κ1) is 10.9. The van der Waals surface area contributed by atoms with Gasteiger partial charge in [0.05, 0.1) is 16.6 Å². The van der Waals surface area contributed by atoms with Crippen molar-refractivity contribution in [2.24, 2.45) is 0 Å². The highest BCUT2D eigenvalue weighted by molar-refractivity contribution is 7.81. The molecule has 0 aliphatic carbocycles. The number of carbonyl (C=O) groups is 1. The van der Waals surface area contributed by atoms with Crippen LogP contribution >= 0.6 is 35.6 Å². The standard InChI is InChI=1S/C8H10ClNOS2/c1-10(8(11)5-12)4-6-2-3-7(9)13-6/h2-3,12H,4-5H2,1H3. The van der Waals surface area contributed by atoms with Gasteiger partial charge in [0.25, 0.3) is 0 Å². The Morgan fingerprint density at radius 2 is 2.38 bits per heavy atom. The molecule has 0 saturated carbocycles. The third-order valence-electron chi connectivity index (χ3n) is 1.58. The van der Waals surface area contributed by atoms with Gasteiger partial charge >= 0.3 is 0 Å². The van der Waals surface area contributed by atoms with Crippen LogP contribution in [0.2, 0.25) is 4.34 Å². The average Bonchev–Trinajstić information content (AvgIpc) is 2.49. The molecule has 0 spiro atoms. The van der Waals surface area contributed by atoms with E-state index in [1.165, 1.54) is 11.3 Å². The van der Waals surface area contributed by atoms with E-state index in [0.29, 0.717) is 6.54 Å². The van der Waals surface area contributed by atoms with Gasteiger partial charge in [0.15, 0.2) is 0 Å². The number of carbonyl (C=O) groups excluding carboxylic acids is 1. The SMILES string of the molecule is CN(Cc1ccc(Cl)s1)C(=O)CS. The monoisotopic (exact) mass is 235 g/mol. The molecule has 0 saturated heterocycles. The van der Waals surface area contributed by atoms with E-state index < -0.39 is 0 Å². The first-order valence-corrected chi connectivity index (χ1v) is 5.55. The summed E-state index contributed by atoms with van der Waals surface area (Å²) in [5.41, 5.74) is 0. The largest absolute Gasteiger partial charge is 0.340 e. The van der Waals surface area contributed by atoms with Crippen LogP contribution in [-0.2, 0) is 11.3 Å². The summed E-state index contributed by atoms with van der Waals surface area (Å²) in [4.78, 5) is 13.9. The van der Waals surface area contributed by atoms with Crippen LogP contribution in [-0.4, -0.2) is 23.6 Å². The Bertz CT molecular complexity index is 300. The highest BCUT2D eigenvalue weighted by Gasteiger charge is 2.07. The van der Waals surface area contributed by atoms with E-state index in [9.17, 15) is 4.79 Å². The maximum Gasteiger partial charge on any atom is 0.232 e. The summed E-state index contributed by atoms with van der Waals surface area (Å²) in [6.07, 6.45) is 0. The molecule has 0 aliphatic heterocycles. The molecule has 1 amide bonds. The topological polar surface area (TPSA) is 20.3 Å². The lowest BCUT2D eigenvalue weighted by atomic mass is 10.4. The molecule has 72 valence electrons. The van der Waals surface area contributed by atoms with E-state index in [2.05, 4.69) is 12.6 Å². The minimum absolute atomic E-state index is 0.0212. The maximum absolute atomic E-state index is 11.1. The molecule has 2 nitrogen and oxygen atoms in total. The van der Waals surface area contributed by atoms with Crippen molar-refractivity contribution in [3.63, 3.8) is 0 Å². The summed E-state index contributed by atoms with van der Waals surface area (Å²) in [6.45, 7) is 0.608. The Hall–Kier alpha value is -0.190. The second-order valence-corrected chi connectivity index (χ2v) is 4.73. The second kappa shape index (κ2) is 4.88. The van der Waals surface area contributed by atoms with Crippen molar-refractivity contribution in [3.05, 3.63) is 21.3 Å². The van der Waals surface area contributed by atoms with Gasteiger partial charge in [-0.3, -0.25) is 4.79 Å². The predicted octanol–water partition coefficient (Wildman–Crippen LogP) is 2.29. The molecule has 0 atom stereocenters. The number of amides is 1. The molecule has 0 aromatic carbocycles. The molecule has 1 heterocycles. The molecule has 0 fully saturated rings. The number of thiophene rings is 1. The Kier molecular flexibility index (Phi) is 4.09. The zero-order valence-corrected chi connectivity index (χ0v) is 9.62. The zero-order chi connectivity index (χ0) is 9.84. The molecule has 0 N–H and O–H groups in total. The van der Waals surface area contributed by atoms with Crippen LogP contribution in [0.25, 0.3) is 0 Å². The van der Waals surface area contributed by atoms with E-state index in [1.807, 2.05) is 12.1 Å². The number of hydrogen-bond donors (Lipinski definition) is 1. The minimum atomic E-state index is 0.0212. The van der Waals surface area contributed by atoms with Gasteiger partial charge in [-0.15, -0.1) is 11.3 Å². The molecular weight excluding hydrogens is 226 g/mol. The smallest absolute Gasteiger partial charge is 0.232 e. The van der Waals surface area contributed by atoms with Crippen LogP contribution in [0.5, 0.6) is 0 Å². The molecule has 0 radical (unpaired) electrons.